The van der Waals surface area contributed by atoms with Gasteiger partial charge in [-0.3, -0.25) is 9.59 Å². The van der Waals surface area contributed by atoms with Gasteiger partial charge in [0, 0.05) is 43.5 Å². The highest BCUT2D eigenvalue weighted by Gasteiger charge is 2.24. The number of nitrogens with one attached hydrogen (secondary N) is 2. The smallest absolute Gasteiger partial charge is 0.291 e. The lowest BCUT2D eigenvalue weighted by molar-refractivity contribution is -0.105. The van der Waals surface area contributed by atoms with Crippen LogP contribution >= 0.6 is 11.6 Å². The summed E-state index contributed by atoms with van der Waals surface area (Å²) in [4.78, 5) is 30.7. The van der Waals surface area contributed by atoms with Gasteiger partial charge in [0.25, 0.3) is 5.91 Å². The molecule has 31 heavy (non-hydrogen) atoms. The number of hydrogen-bond acceptors (Lipinski definition) is 4. The molecule has 3 aromatic rings. The largest absolute Gasteiger partial charge is 0.328 e. The van der Waals surface area contributed by atoms with E-state index in [-0.39, 0.29) is 5.91 Å². The van der Waals surface area contributed by atoms with E-state index >= 15 is 0 Å². The van der Waals surface area contributed by atoms with Crippen LogP contribution < -0.4 is 10.6 Å². The number of carbonyl (C=O) groups is 2. The molecule has 2 heterocycles. The average molecular weight is 438 g/mol. The molecule has 1 aromatic heterocycles. The van der Waals surface area contributed by atoms with Crippen LogP contribution in [-0.4, -0.2) is 40.4 Å². The summed E-state index contributed by atoms with van der Waals surface area (Å²) in [6.07, 6.45) is 1.51. The van der Waals surface area contributed by atoms with Gasteiger partial charge in [0.2, 0.25) is 6.41 Å². The Labute approximate surface area is 186 Å². The maximum atomic E-state index is 13.0. The fourth-order valence-electron chi connectivity index (χ4n) is 4.02. The van der Waals surface area contributed by atoms with E-state index in [0.29, 0.717) is 28.6 Å². The lowest BCUT2D eigenvalue weighted by atomic mass is 9.98. The number of rotatable bonds is 5. The Bertz CT molecular complexity index is 1170. The fourth-order valence-corrected chi connectivity index (χ4v) is 4.30. The van der Waals surface area contributed by atoms with E-state index < -0.39 is 0 Å². The number of carbonyl (C=O) groups excluding carboxylic acids is 2. The van der Waals surface area contributed by atoms with Gasteiger partial charge in [0.15, 0.2) is 5.82 Å². The number of nitrogens with zero attached hydrogens (tertiary/aromatic N) is 3. The van der Waals surface area contributed by atoms with Crippen LogP contribution in [0.25, 0.3) is 11.1 Å². The number of amides is 2. The van der Waals surface area contributed by atoms with Crippen molar-refractivity contribution < 1.29 is 9.59 Å². The molecular formula is C23H24ClN5O2. The minimum Gasteiger partial charge on any atom is -0.328 e. The van der Waals surface area contributed by atoms with E-state index in [1.165, 1.54) is 0 Å². The first-order valence-corrected chi connectivity index (χ1v) is 10.4. The van der Waals surface area contributed by atoms with Gasteiger partial charge < -0.3 is 20.1 Å². The number of halogens is 1. The Morgan fingerprint density at radius 3 is 2.58 bits per heavy atom. The van der Waals surface area contributed by atoms with Gasteiger partial charge in [-0.15, -0.1) is 0 Å². The number of likely N-dealkylation sites (N-methyl/N-ethyl adjacent to an activating group) is 1. The van der Waals surface area contributed by atoms with Crippen molar-refractivity contribution in [2.24, 2.45) is 7.05 Å². The molecule has 2 amide bonds. The fraction of sp³-hybridized carbons (Fsp3) is 0.261. The van der Waals surface area contributed by atoms with Gasteiger partial charge in [-0.25, -0.2) is 4.98 Å². The number of fused-ring (bicyclic) bond motifs is 1. The van der Waals surface area contributed by atoms with E-state index in [0.717, 1.165) is 47.6 Å². The predicted molar refractivity (Wildman–Crippen MR) is 123 cm³/mol. The molecule has 0 unspecified atom stereocenters. The first-order chi connectivity index (χ1) is 14.9. The Kier molecular flexibility index (Phi) is 5.80. The Morgan fingerprint density at radius 1 is 1.13 bits per heavy atom. The summed E-state index contributed by atoms with van der Waals surface area (Å²) in [5.41, 5.74) is 5.79. The molecule has 0 spiro atoms. The molecule has 8 heteroatoms. The third kappa shape index (κ3) is 3.94. The molecule has 0 aliphatic carbocycles. The summed E-state index contributed by atoms with van der Waals surface area (Å²) < 4.78 is 1.87. The van der Waals surface area contributed by atoms with Gasteiger partial charge in [-0.1, -0.05) is 35.9 Å². The van der Waals surface area contributed by atoms with Crippen molar-refractivity contribution in [1.82, 2.24) is 14.5 Å². The summed E-state index contributed by atoms with van der Waals surface area (Å²) in [5, 5.41) is 6.05. The third-order valence-corrected chi connectivity index (χ3v) is 6.14. The van der Waals surface area contributed by atoms with Crippen LogP contribution in [0.2, 0.25) is 5.02 Å². The predicted octanol–water partition coefficient (Wildman–Crippen LogP) is 3.86. The molecule has 7 nitrogen and oxygen atoms in total. The third-order valence-electron chi connectivity index (χ3n) is 5.73. The minimum atomic E-state index is -0.299. The molecule has 0 saturated carbocycles. The molecule has 160 valence electrons. The van der Waals surface area contributed by atoms with Crippen molar-refractivity contribution in [3.8, 4) is 11.1 Å². The van der Waals surface area contributed by atoms with E-state index in [1.807, 2.05) is 55.9 Å². The van der Waals surface area contributed by atoms with Crippen molar-refractivity contribution in [2.45, 2.75) is 19.9 Å². The van der Waals surface area contributed by atoms with E-state index in [2.05, 4.69) is 20.5 Å². The van der Waals surface area contributed by atoms with E-state index in [1.54, 1.807) is 6.07 Å². The molecule has 0 radical (unpaired) electrons. The molecule has 0 atom stereocenters. The number of benzene rings is 2. The van der Waals surface area contributed by atoms with Crippen molar-refractivity contribution in [1.29, 1.82) is 0 Å². The number of anilines is 2. The van der Waals surface area contributed by atoms with Crippen molar-refractivity contribution >= 4 is 35.3 Å². The highest BCUT2D eigenvalue weighted by molar-refractivity contribution is 6.36. The average Bonchev–Trinajstić information content (AvgIpc) is 3.07. The maximum Gasteiger partial charge on any atom is 0.291 e. The molecule has 4 rings (SSSR count). The second-order valence-electron chi connectivity index (χ2n) is 7.74. The lowest BCUT2D eigenvalue weighted by Gasteiger charge is -2.21. The van der Waals surface area contributed by atoms with Crippen LogP contribution in [0.1, 0.15) is 27.6 Å². The molecule has 2 N–H and O–H groups in total. The number of aromatic nitrogens is 2. The monoisotopic (exact) mass is 437 g/mol. The second kappa shape index (κ2) is 8.53. The maximum absolute atomic E-state index is 13.0. The molecule has 0 bridgehead atoms. The van der Waals surface area contributed by atoms with E-state index in [4.69, 9.17) is 11.6 Å². The van der Waals surface area contributed by atoms with Gasteiger partial charge in [-0.2, -0.15) is 0 Å². The topological polar surface area (TPSA) is 79.3 Å². The van der Waals surface area contributed by atoms with Crippen LogP contribution in [0.5, 0.6) is 0 Å². The molecule has 0 fully saturated rings. The Hall–Kier alpha value is -3.16. The summed E-state index contributed by atoms with van der Waals surface area (Å²) >= 11 is 6.70. The van der Waals surface area contributed by atoms with Gasteiger partial charge >= 0.3 is 0 Å². The second-order valence-corrected chi connectivity index (χ2v) is 8.12. The minimum absolute atomic E-state index is 0.299. The SMILES string of the molecule is Cc1c(NC=O)cccc1-c1cccc(NC(=O)c2nc3c(n2C)CCN(C)C3)c1Cl. The van der Waals surface area contributed by atoms with Gasteiger partial charge in [-0.05, 0) is 37.2 Å². The first kappa shape index (κ1) is 21.1. The zero-order valence-electron chi connectivity index (χ0n) is 17.7. The van der Waals surface area contributed by atoms with Crippen LogP contribution in [0.4, 0.5) is 11.4 Å². The molecule has 2 aromatic carbocycles. The zero-order valence-corrected chi connectivity index (χ0v) is 18.5. The van der Waals surface area contributed by atoms with Crippen LogP contribution in [0.15, 0.2) is 36.4 Å². The summed E-state index contributed by atoms with van der Waals surface area (Å²) in [7, 11) is 3.92. The highest BCUT2D eigenvalue weighted by Crippen LogP contribution is 2.37. The first-order valence-electron chi connectivity index (χ1n) is 10.0. The van der Waals surface area contributed by atoms with Crippen LogP contribution in [-0.2, 0) is 24.8 Å². The number of imidazole rings is 1. The van der Waals surface area contributed by atoms with Crippen molar-refractivity contribution in [3.05, 3.63) is 64.2 Å². The molecule has 1 aliphatic rings. The summed E-state index contributed by atoms with van der Waals surface area (Å²) in [6, 6.07) is 11.1. The van der Waals surface area contributed by atoms with Crippen molar-refractivity contribution in [2.75, 3.05) is 24.2 Å². The Balaban J connectivity index is 1.65. The summed E-state index contributed by atoms with van der Waals surface area (Å²) in [5.74, 6) is 0.0711. The summed E-state index contributed by atoms with van der Waals surface area (Å²) in [6.45, 7) is 3.59. The molecule has 1 aliphatic heterocycles. The molecular weight excluding hydrogens is 414 g/mol. The highest BCUT2D eigenvalue weighted by atomic mass is 35.5. The lowest BCUT2D eigenvalue weighted by Crippen LogP contribution is -2.27. The number of hydrogen-bond donors (Lipinski definition) is 2. The quantitative estimate of drug-likeness (QED) is 0.594. The van der Waals surface area contributed by atoms with Gasteiger partial charge in [0.1, 0.15) is 0 Å². The standard InChI is InChI=1S/C23H24ClN5O2/c1-14-15(6-4-8-17(14)25-13-30)16-7-5-9-18(21(16)24)27-23(31)22-26-19-12-28(2)11-10-20(19)29(22)3/h4-9,13H,10-12H2,1-3H3,(H,25,30)(H,27,31). The zero-order chi connectivity index (χ0) is 22.1. The Morgan fingerprint density at radius 2 is 1.84 bits per heavy atom. The molecule has 0 saturated heterocycles. The normalized spacial score (nSPS) is 13.5. The van der Waals surface area contributed by atoms with Crippen LogP contribution in [0, 0.1) is 6.92 Å². The van der Waals surface area contributed by atoms with Crippen molar-refractivity contribution in [3.63, 3.8) is 0 Å². The van der Waals surface area contributed by atoms with E-state index in [9.17, 15) is 9.59 Å². The van der Waals surface area contributed by atoms with Crippen LogP contribution in [0.3, 0.4) is 0 Å². The van der Waals surface area contributed by atoms with Gasteiger partial charge in [0.05, 0.1) is 16.4 Å².